The van der Waals surface area contributed by atoms with Crippen LogP contribution in [0.4, 0.5) is 5.69 Å². The van der Waals surface area contributed by atoms with Gasteiger partial charge in [0, 0.05) is 5.69 Å². The van der Waals surface area contributed by atoms with Gasteiger partial charge >= 0.3 is 5.97 Å². The van der Waals surface area contributed by atoms with Gasteiger partial charge in [-0.3, -0.25) is 9.59 Å². The molecule has 0 spiro atoms. The van der Waals surface area contributed by atoms with Crippen molar-refractivity contribution < 1.29 is 14.7 Å². The van der Waals surface area contributed by atoms with E-state index in [0.717, 1.165) is 16.9 Å². The number of aromatic nitrogens is 2. The first-order valence-corrected chi connectivity index (χ1v) is 5.47. The number of H-pyrrole nitrogens is 1. The van der Waals surface area contributed by atoms with Crippen LogP contribution in [-0.2, 0) is 9.59 Å². The quantitative estimate of drug-likeness (QED) is 0.717. The van der Waals surface area contributed by atoms with Crippen molar-refractivity contribution in [3.8, 4) is 0 Å². The summed E-state index contributed by atoms with van der Waals surface area (Å²) in [5, 5.41) is 11.3. The van der Waals surface area contributed by atoms with Crippen LogP contribution < -0.4 is 5.32 Å². The number of benzene rings is 1. The van der Waals surface area contributed by atoms with Crippen LogP contribution >= 0.6 is 0 Å². The number of carbonyl (C=O) groups is 2. The number of nitrogens with zero attached hydrogens (tertiary/aromatic N) is 1. The summed E-state index contributed by atoms with van der Waals surface area (Å²) in [6.45, 7) is 3.18. The highest BCUT2D eigenvalue weighted by atomic mass is 16.4. The Labute approximate surface area is 103 Å². The van der Waals surface area contributed by atoms with Crippen LogP contribution in [0.25, 0.3) is 11.0 Å². The molecule has 3 N–H and O–H groups in total. The zero-order valence-corrected chi connectivity index (χ0v) is 10.0. The molecule has 1 unspecified atom stereocenters. The van der Waals surface area contributed by atoms with Crippen molar-refractivity contribution in [2.45, 2.75) is 13.8 Å². The number of amides is 1. The maximum absolute atomic E-state index is 11.6. The zero-order valence-electron chi connectivity index (χ0n) is 10.0. The lowest BCUT2D eigenvalue weighted by molar-refractivity contribution is -0.144. The second-order valence-electron chi connectivity index (χ2n) is 4.10. The molecule has 6 nitrogen and oxygen atoms in total. The van der Waals surface area contributed by atoms with Crippen molar-refractivity contribution in [3.05, 3.63) is 24.0 Å². The Hall–Kier alpha value is -2.37. The van der Waals surface area contributed by atoms with Gasteiger partial charge in [-0.1, -0.05) is 0 Å². The summed E-state index contributed by atoms with van der Waals surface area (Å²) in [5.41, 5.74) is 2.15. The average molecular weight is 247 g/mol. The predicted molar refractivity (Wildman–Crippen MR) is 66.3 cm³/mol. The number of fused-ring (bicyclic) bond motifs is 1. The van der Waals surface area contributed by atoms with Crippen molar-refractivity contribution in [1.82, 2.24) is 9.97 Å². The van der Waals surface area contributed by atoms with Crippen LogP contribution in [0, 0.1) is 12.8 Å². The number of hydrogen-bond acceptors (Lipinski definition) is 3. The molecule has 0 fully saturated rings. The number of carbonyl (C=O) groups excluding carboxylic acids is 1. The SMILES string of the molecule is Cc1nc2ccc(NC(=O)C(C)C(=O)O)cc2[nH]1. The number of anilines is 1. The Morgan fingerprint density at radius 2 is 2.17 bits per heavy atom. The third kappa shape index (κ3) is 2.32. The van der Waals surface area contributed by atoms with Crippen molar-refractivity contribution in [3.63, 3.8) is 0 Å². The summed E-state index contributed by atoms with van der Waals surface area (Å²) in [6.07, 6.45) is 0. The first-order chi connectivity index (χ1) is 8.47. The van der Waals surface area contributed by atoms with Crippen LogP contribution in [0.1, 0.15) is 12.7 Å². The fourth-order valence-electron chi connectivity index (χ4n) is 1.58. The van der Waals surface area contributed by atoms with E-state index in [4.69, 9.17) is 5.11 Å². The van der Waals surface area contributed by atoms with Crippen LogP contribution in [0.5, 0.6) is 0 Å². The van der Waals surface area contributed by atoms with Gasteiger partial charge in [-0.05, 0) is 32.0 Å². The summed E-state index contributed by atoms with van der Waals surface area (Å²) >= 11 is 0. The van der Waals surface area contributed by atoms with Crippen LogP contribution in [0.3, 0.4) is 0 Å². The topological polar surface area (TPSA) is 95.1 Å². The van der Waals surface area contributed by atoms with Crippen molar-refractivity contribution >= 4 is 28.6 Å². The Morgan fingerprint density at radius 1 is 1.44 bits per heavy atom. The van der Waals surface area contributed by atoms with E-state index in [1.54, 1.807) is 18.2 Å². The molecule has 94 valence electrons. The lowest BCUT2D eigenvalue weighted by atomic mass is 10.1. The number of nitrogens with one attached hydrogen (secondary N) is 2. The molecule has 0 bridgehead atoms. The molecule has 2 rings (SSSR count). The lowest BCUT2D eigenvalue weighted by Crippen LogP contribution is -2.26. The Bertz CT molecular complexity index is 618. The molecule has 0 aliphatic carbocycles. The zero-order chi connectivity index (χ0) is 13.3. The number of imidazole rings is 1. The average Bonchev–Trinajstić information content (AvgIpc) is 2.67. The van der Waals surface area contributed by atoms with E-state index in [1.807, 2.05) is 6.92 Å². The lowest BCUT2D eigenvalue weighted by Gasteiger charge is -2.07. The summed E-state index contributed by atoms with van der Waals surface area (Å²) in [4.78, 5) is 29.5. The third-order valence-electron chi connectivity index (χ3n) is 2.63. The van der Waals surface area contributed by atoms with Gasteiger partial charge in [0.15, 0.2) is 0 Å². The van der Waals surface area contributed by atoms with Gasteiger partial charge in [0.05, 0.1) is 11.0 Å². The minimum atomic E-state index is -1.15. The molecule has 0 saturated carbocycles. The molecule has 1 aromatic carbocycles. The molecule has 0 radical (unpaired) electrons. The molecular weight excluding hydrogens is 234 g/mol. The molecule has 0 aliphatic rings. The molecule has 1 amide bonds. The number of carboxylic acids is 1. The molecule has 0 aliphatic heterocycles. The van der Waals surface area contributed by atoms with Gasteiger partial charge in [0.25, 0.3) is 0 Å². The summed E-state index contributed by atoms with van der Waals surface area (Å²) in [7, 11) is 0. The van der Waals surface area contributed by atoms with E-state index in [1.165, 1.54) is 6.92 Å². The first kappa shape index (κ1) is 12.1. The van der Waals surface area contributed by atoms with Gasteiger partial charge in [0.1, 0.15) is 11.7 Å². The van der Waals surface area contributed by atoms with Gasteiger partial charge in [0.2, 0.25) is 5.91 Å². The van der Waals surface area contributed by atoms with Crippen LogP contribution in [0.15, 0.2) is 18.2 Å². The summed E-state index contributed by atoms with van der Waals surface area (Å²) in [5.74, 6) is -1.99. The maximum atomic E-state index is 11.6. The highest BCUT2D eigenvalue weighted by molar-refractivity contribution is 6.04. The van der Waals surface area contributed by atoms with E-state index in [2.05, 4.69) is 15.3 Å². The van der Waals surface area contributed by atoms with Gasteiger partial charge in [-0.2, -0.15) is 0 Å². The third-order valence-corrected chi connectivity index (χ3v) is 2.63. The highest BCUT2D eigenvalue weighted by Crippen LogP contribution is 2.17. The smallest absolute Gasteiger partial charge is 0.315 e. The summed E-state index contributed by atoms with van der Waals surface area (Å²) < 4.78 is 0. The van der Waals surface area contributed by atoms with Crippen molar-refractivity contribution in [2.24, 2.45) is 5.92 Å². The minimum absolute atomic E-state index is 0.543. The van der Waals surface area contributed by atoms with E-state index in [-0.39, 0.29) is 0 Å². The molecule has 18 heavy (non-hydrogen) atoms. The normalized spacial score (nSPS) is 12.3. The molecule has 1 heterocycles. The Morgan fingerprint density at radius 3 is 2.83 bits per heavy atom. The first-order valence-electron chi connectivity index (χ1n) is 5.47. The maximum Gasteiger partial charge on any atom is 0.315 e. The fourth-order valence-corrected chi connectivity index (χ4v) is 1.58. The molecule has 1 aromatic heterocycles. The number of carboxylic acid groups (broad SMARTS) is 1. The number of aromatic amines is 1. The van der Waals surface area contributed by atoms with Crippen LogP contribution in [-0.4, -0.2) is 27.0 Å². The molecule has 0 saturated heterocycles. The second-order valence-corrected chi connectivity index (χ2v) is 4.10. The number of aryl methyl sites for hydroxylation is 1. The van der Waals surface area contributed by atoms with Crippen molar-refractivity contribution in [2.75, 3.05) is 5.32 Å². The van der Waals surface area contributed by atoms with E-state index < -0.39 is 17.8 Å². The molecule has 1 atom stereocenters. The van der Waals surface area contributed by atoms with E-state index in [9.17, 15) is 9.59 Å². The van der Waals surface area contributed by atoms with Crippen molar-refractivity contribution in [1.29, 1.82) is 0 Å². The van der Waals surface area contributed by atoms with Gasteiger partial charge in [-0.25, -0.2) is 4.98 Å². The highest BCUT2D eigenvalue weighted by Gasteiger charge is 2.20. The van der Waals surface area contributed by atoms with Gasteiger partial charge < -0.3 is 15.4 Å². The molecule has 2 aromatic rings. The minimum Gasteiger partial charge on any atom is -0.481 e. The number of hydrogen-bond donors (Lipinski definition) is 3. The molecular formula is C12H13N3O3. The predicted octanol–water partition coefficient (Wildman–Crippen LogP) is 1.53. The second kappa shape index (κ2) is 4.48. The van der Waals surface area contributed by atoms with Gasteiger partial charge in [-0.15, -0.1) is 0 Å². The summed E-state index contributed by atoms with van der Waals surface area (Å²) in [6, 6.07) is 5.18. The fraction of sp³-hybridized carbons (Fsp3) is 0.250. The van der Waals surface area contributed by atoms with E-state index in [0.29, 0.717) is 5.69 Å². The number of aliphatic carboxylic acids is 1. The standard InChI is InChI=1S/C12H13N3O3/c1-6(12(17)18)11(16)15-8-3-4-9-10(5-8)14-7(2)13-9/h3-6H,1-2H3,(H,13,14)(H,15,16)(H,17,18). The van der Waals surface area contributed by atoms with Crippen LogP contribution in [0.2, 0.25) is 0 Å². The largest absolute Gasteiger partial charge is 0.481 e. The molecule has 6 heteroatoms. The van der Waals surface area contributed by atoms with E-state index >= 15 is 0 Å². The Kier molecular flexibility index (Phi) is 3.01. The monoisotopic (exact) mass is 247 g/mol. The Balaban J connectivity index is 2.21. The number of rotatable bonds is 3.